The Labute approximate surface area is 97.0 Å². The molecule has 0 unspecified atom stereocenters. The van der Waals surface area contributed by atoms with E-state index in [1.807, 2.05) is 20.8 Å². The average molecular weight is 227 g/mol. The molecule has 3 nitrogen and oxygen atoms in total. The van der Waals surface area contributed by atoms with Gasteiger partial charge in [-0.3, -0.25) is 0 Å². The lowest BCUT2D eigenvalue weighted by atomic mass is 9.93. The number of hydrogen-bond acceptors (Lipinski definition) is 2. The second kappa shape index (κ2) is 5.41. The van der Waals surface area contributed by atoms with Crippen molar-refractivity contribution in [3.05, 3.63) is 11.6 Å². The summed E-state index contributed by atoms with van der Waals surface area (Å²) < 4.78 is 15.3. The molecule has 1 rings (SSSR count). The van der Waals surface area contributed by atoms with Gasteiger partial charge in [0.2, 0.25) is 5.95 Å². The van der Waals surface area contributed by atoms with Crippen molar-refractivity contribution in [1.29, 1.82) is 0 Å². The fraction of sp³-hybridized carbons (Fsp3) is 0.833. The highest BCUT2D eigenvalue weighted by atomic mass is 19.1. The van der Waals surface area contributed by atoms with Gasteiger partial charge in [-0.05, 0) is 6.42 Å². The number of rotatable bonds is 5. The Morgan fingerprint density at radius 2 is 1.88 bits per heavy atom. The summed E-state index contributed by atoms with van der Waals surface area (Å²) in [5, 5.41) is 7.80. The van der Waals surface area contributed by atoms with Crippen LogP contribution in [-0.4, -0.2) is 15.0 Å². The van der Waals surface area contributed by atoms with Gasteiger partial charge in [0.05, 0.1) is 0 Å². The largest absolute Gasteiger partial charge is 0.235 e. The van der Waals surface area contributed by atoms with Gasteiger partial charge in [-0.25, -0.2) is 4.68 Å². The Morgan fingerprint density at radius 1 is 1.19 bits per heavy atom. The fourth-order valence-electron chi connectivity index (χ4n) is 1.59. The molecule has 1 aromatic rings. The van der Waals surface area contributed by atoms with Gasteiger partial charge in [0.1, 0.15) is 5.69 Å². The molecule has 0 saturated carbocycles. The summed E-state index contributed by atoms with van der Waals surface area (Å²) >= 11 is 0. The molecule has 0 spiro atoms. The van der Waals surface area contributed by atoms with Crippen molar-refractivity contribution in [3.63, 3.8) is 0 Å². The normalized spacial score (nSPS) is 12.1. The zero-order valence-electron chi connectivity index (χ0n) is 10.8. The van der Waals surface area contributed by atoms with Crippen LogP contribution >= 0.6 is 0 Å². The summed E-state index contributed by atoms with van der Waals surface area (Å²) in [5.74, 6) is -0.274. The van der Waals surface area contributed by atoms with E-state index in [1.165, 1.54) is 17.5 Å². The third-order valence-electron chi connectivity index (χ3n) is 2.61. The predicted molar refractivity (Wildman–Crippen MR) is 62.8 cm³/mol. The lowest BCUT2D eigenvalue weighted by molar-refractivity contribution is 0.418. The maximum atomic E-state index is 13.9. The van der Waals surface area contributed by atoms with E-state index in [1.54, 1.807) is 0 Å². The van der Waals surface area contributed by atoms with Crippen LogP contribution in [0.4, 0.5) is 4.39 Å². The monoisotopic (exact) mass is 227 g/mol. The first-order chi connectivity index (χ1) is 7.46. The summed E-state index contributed by atoms with van der Waals surface area (Å²) in [6, 6.07) is 0. The van der Waals surface area contributed by atoms with Crippen molar-refractivity contribution in [2.24, 2.45) is 0 Å². The molecule has 0 aliphatic rings. The molecule has 4 heteroatoms. The number of aryl methyl sites for hydroxylation is 1. The highest BCUT2D eigenvalue weighted by Gasteiger charge is 2.24. The van der Waals surface area contributed by atoms with Gasteiger partial charge in [-0.2, -0.15) is 4.39 Å². The first-order valence-corrected chi connectivity index (χ1v) is 6.06. The van der Waals surface area contributed by atoms with Crippen molar-refractivity contribution in [3.8, 4) is 0 Å². The molecule has 0 fully saturated rings. The third kappa shape index (κ3) is 3.29. The van der Waals surface area contributed by atoms with Crippen LogP contribution in [0.5, 0.6) is 0 Å². The smallest absolute Gasteiger partial charge is 0.219 e. The fourth-order valence-corrected chi connectivity index (χ4v) is 1.59. The van der Waals surface area contributed by atoms with Gasteiger partial charge in [-0.1, -0.05) is 52.2 Å². The van der Waals surface area contributed by atoms with Gasteiger partial charge in [0.25, 0.3) is 0 Å². The van der Waals surface area contributed by atoms with Crippen molar-refractivity contribution in [2.45, 2.75) is 65.3 Å². The first kappa shape index (κ1) is 13.1. The SMILES string of the molecule is CCCCCCn1nnc(C(C)(C)C)c1F. The highest BCUT2D eigenvalue weighted by molar-refractivity contribution is 5.08. The Morgan fingerprint density at radius 3 is 2.38 bits per heavy atom. The van der Waals surface area contributed by atoms with Crippen LogP contribution in [0.1, 0.15) is 59.1 Å². The van der Waals surface area contributed by atoms with Crippen molar-refractivity contribution in [2.75, 3.05) is 0 Å². The quantitative estimate of drug-likeness (QED) is 0.723. The Hall–Kier alpha value is -0.930. The molecule has 92 valence electrons. The van der Waals surface area contributed by atoms with Gasteiger partial charge >= 0.3 is 0 Å². The molecule has 1 heterocycles. The average Bonchev–Trinajstić information content (AvgIpc) is 2.54. The number of hydrogen-bond donors (Lipinski definition) is 0. The maximum Gasteiger partial charge on any atom is 0.235 e. The van der Waals surface area contributed by atoms with Crippen molar-refractivity contribution < 1.29 is 4.39 Å². The zero-order chi connectivity index (χ0) is 12.2. The second-order valence-electron chi connectivity index (χ2n) is 5.26. The molecule has 0 radical (unpaired) electrons. The van der Waals surface area contributed by atoms with Crippen molar-refractivity contribution in [1.82, 2.24) is 15.0 Å². The molecular formula is C12H22FN3. The Kier molecular flexibility index (Phi) is 4.44. The summed E-state index contributed by atoms with van der Waals surface area (Å²) in [5.41, 5.74) is 0.189. The van der Waals surface area contributed by atoms with Gasteiger partial charge in [-0.15, -0.1) is 5.10 Å². The molecule has 0 saturated heterocycles. The lowest BCUT2D eigenvalue weighted by Crippen LogP contribution is -2.15. The topological polar surface area (TPSA) is 30.7 Å². The van der Waals surface area contributed by atoms with Gasteiger partial charge in [0.15, 0.2) is 0 Å². The van der Waals surface area contributed by atoms with E-state index >= 15 is 0 Å². The Balaban J connectivity index is 2.59. The van der Waals surface area contributed by atoms with Crippen LogP contribution in [0, 0.1) is 5.95 Å². The van der Waals surface area contributed by atoms with Crippen molar-refractivity contribution >= 4 is 0 Å². The molecule has 0 N–H and O–H groups in total. The number of nitrogens with zero attached hydrogens (tertiary/aromatic N) is 3. The van der Waals surface area contributed by atoms with E-state index in [4.69, 9.17) is 0 Å². The third-order valence-corrected chi connectivity index (χ3v) is 2.61. The standard InChI is InChI=1S/C12H22FN3/c1-5-6-7-8-9-16-11(13)10(14-15-16)12(2,3)4/h5-9H2,1-4H3. The van der Waals surface area contributed by atoms with Gasteiger partial charge < -0.3 is 0 Å². The molecular weight excluding hydrogens is 205 g/mol. The van der Waals surface area contributed by atoms with E-state index in [0.29, 0.717) is 12.2 Å². The number of halogens is 1. The van der Waals surface area contributed by atoms with Crippen LogP contribution in [0.15, 0.2) is 0 Å². The van der Waals surface area contributed by atoms with E-state index in [-0.39, 0.29) is 11.4 Å². The van der Waals surface area contributed by atoms with Crippen LogP contribution in [0.3, 0.4) is 0 Å². The van der Waals surface area contributed by atoms with Crippen LogP contribution in [0.25, 0.3) is 0 Å². The summed E-state index contributed by atoms with van der Waals surface area (Å²) in [7, 11) is 0. The summed E-state index contributed by atoms with van der Waals surface area (Å²) in [6.07, 6.45) is 4.48. The van der Waals surface area contributed by atoms with E-state index in [9.17, 15) is 4.39 Å². The predicted octanol–water partition coefficient (Wildman–Crippen LogP) is 3.30. The van der Waals surface area contributed by atoms with E-state index < -0.39 is 0 Å². The highest BCUT2D eigenvalue weighted by Crippen LogP contribution is 2.22. The number of aromatic nitrogens is 3. The minimum Gasteiger partial charge on any atom is -0.219 e. The molecule has 0 atom stereocenters. The molecule has 0 aromatic carbocycles. The number of unbranched alkanes of at least 4 members (excludes halogenated alkanes) is 3. The molecule has 1 aromatic heterocycles. The minimum atomic E-state index is -0.274. The van der Waals surface area contributed by atoms with Gasteiger partial charge in [0, 0.05) is 12.0 Å². The van der Waals surface area contributed by atoms with Crippen LogP contribution in [-0.2, 0) is 12.0 Å². The summed E-state index contributed by atoms with van der Waals surface area (Å²) in [4.78, 5) is 0. The van der Waals surface area contributed by atoms with E-state index in [2.05, 4.69) is 17.2 Å². The molecule has 0 aliphatic heterocycles. The Bertz CT molecular complexity index is 325. The van der Waals surface area contributed by atoms with Crippen LogP contribution < -0.4 is 0 Å². The molecule has 0 bridgehead atoms. The van der Waals surface area contributed by atoms with E-state index in [0.717, 1.165) is 12.8 Å². The molecule has 0 amide bonds. The zero-order valence-corrected chi connectivity index (χ0v) is 10.8. The lowest BCUT2D eigenvalue weighted by Gasteiger charge is -2.13. The molecule has 16 heavy (non-hydrogen) atoms. The molecule has 0 aliphatic carbocycles. The maximum absolute atomic E-state index is 13.9. The second-order valence-corrected chi connectivity index (χ2v) is 5.26. The first-order valence-electron chi connectivity index (χ1n) is 6.06. The summed E-state index contributed by atoms with van der Waals surface area (Å²) in [6.45, 7) is 8.63. The minimum absolute atomic E-state index is 0.272. The van der Waals surface area contributed by atoms with Crippen LogP contribution in [0.2, 0.25) is 0 Å².